The summed E-state index contributed by atoms with van der Waals surface area (Å²) in [5, 5.41) is 14.8. The summed E-state index contributed by atoms with van der Waals surface area (Å²) in [5.74, 6) is -0.953. The maximum atomic E-state index is 11.7. The van der Waals surface area contributed by atoms with Gasteiger partial charge in [0.05, 0.1) is 22.8 Å². The zero-order chi connectivity index (χ0) is 20.3. The Morgan fingerprint density at radius 2 is 2.11 bits per heavy atom. The number of hydrogen-bond donors (Lipinski definition) is 1. The van der Waals surface area contributed by atoms with E-state index in [-0.39, 0.29) is 6.61 Å². The molecule has 1 N–H and O–H groups in total. The van der Waals surface area contributed by atoms with Crippen LogP contribution in [-0.2, 0) is 22.6 Å². The second-order valence-electron chi connectivity index (χ2n) is 6.36. The van der Waals surface area contributed by atoms with E-state index >= 15 is 0 Å². The molecule has 0 aliphatic rings. The molecule has 0 aromatic carbocycles. The Labute approximate surface area is 168 Å². The maximum Gasteiger partial charge on any atom is 0.331 e. The van der Waals surface area contributed by atoms with E-state index in [0.717, 1.165) is 28.8 Å². The highest BCUT2D eigenvalue weighted by Crippen LogP contribution is 2.34. The van der Waals surface area contributed by atoms with Crippen LogP contribution < -0.4 is 0 Å². The predicted molar refractivity (Wildman–Crippen MR) is 109 cm³/mol. The SMILES string of the molecule is CC/C(=C\c1c(COC)nn2c(CC)ccc2c1-c1cncc(Cl)c1)C(=O)O. The molecule has 3 heterocycles. The van der Waals surface area contributed by atoms with Crippen molar-refractivity contribution in [2.24, 2.45) is 0 Å². The second-order valence-corrected chi connectivity index (χ2v) is 6.80. The molecule has 0 atom stereocenters. The number of aromatic nitrogens is 3. The zero-order valence-electron chi connectivity index (χ0n) is 16.1. The first-order chi connectivity index (χ1) is 13.5. The highest BCUT2D eigenvalue weighted by atomic mass is 35.5. The number of carboxylic acid groups (broad SMARTS) is 1. The molecule has 0 amide bonds. The summed E-state index contributed by atoms with van der Waals surface area (Å²) in [6.07, 6.45) is 6.17. The fraction of sp³-hybridized carbons (Fsp3) is 0.286. The van der Waals surface area contributed by atoms with Crippen LogP contribution in [0.1, 0.15) is 37.2 Å². The lowest BCUT2D eigenvalue weighted by atomic mass is 9.97. The largest absolute Gasteiger partial charge is 0.478 e. The molecule has 0 saturated carbocycles. The summed E-state index contributed by atoms with van der Waals surface area (Å²) in [4.78, 5) is 15.9. The molecule has 0 radical (unpaired) electrons. The molecule has 3 rings (SSSR count). The zero-order valence-corrected chi connectivity index (χ0v) is 16.8. The highest BCUT2D eigenvalue weighted by molar-refractivity contribution is 6.30. The normalized spacial score (nSPS) is 11.9. The minimum Gasteiger partial charge on any atom is -0.478 e. The number of pyridine rings is 1. The summed E-state index contributed by atoms with van der Waals surface area (Å²) in [7, 11) is 1.59. The van der Waals surface area contributed by atoms with Crippen molar-refractivity contribution in [3.63, 3.8) is 0 Å². The van der Waals surface area contributed by atoms with Gasteiger partial charge in [-0.25, -0.2) is 9.31 Å². The third-order valence-electron chi connectivity index (χ3n) is 4.60. The van der Waals surface area contributed by atoms with Crippen LogP contribution in [0.15, 0.2) is 36.2 Å². The van der Waals surface area contributed by atoms with Gasteiger partial charge in [0.2, 0.25) is 0 Å². The lowest BCUT2D eigenvalue weighted by molar-refractivity contribution is -0.132. The average molecular weight is 400 g/mol. The minimum absolute atomic E-state index is 0.251. The lowest BCUT2D eigenvalue weighted by Gasteiger charge is -2.16. The molecular formula is C21H22ClN3O3. The van der Waals surface area contributed by atoms with Gasteiger partial charge in [-0.15, -0.1) is 0 Å². The number of aliphatic carboxylic acids is 1. The van der Waals surface area contributed by atoms with Crippen LogP contribution in [0.3, 0.4) is 0 Å². The molecule has 146 valence electrons. The van der Waals surface area contributed by atoms with Crippen molar-refractivity contribution in [2.45, 2.75) is 33.3 Å². The molecule has 28 heavy (non-hydrogen) atoms. The summed E-state index contributed by atoms with van der Waals surface area (Å²) < 4.78 is 7.25. The number of ether oxygens (including phenoxy) is 1. The molecule has 0 spiro atoms. The molecule has 3 aromatic rings. The van der Waals surface area contributed by atoms with Gasteiger partial charge in [0, 0.05) is 47.5 Å². The van der Waals surface area contributed by atoms with E-state index in [4.69, 9.17) is 21.4 Å². The topological polar surface area (TPSA) is 76.7 Å². The molecule has 0 unspecified atom stereocenters. The first-order valence-electron chi connectivity index (χ1n) is 9.07. The Morgan fingerprint density at radius 3 is 2.71 bits per heavy atom. The number of halogens is 1. The van der Waals surface area contributed by atoms with Gasteiger partial charge in [0.25, 0.3) is 0 Å². The van der Waals surface area contributed by atoms with E-state index in [1.807, 2.05) is 29.6 Å². The molecule has 3 aromatic heterocycles. The van der Waals surface area contributed by atoms with Gasteiger partial charge in [-0.2, -0.15) is 5.10 Å². The number of fused-ring (bicyclic) bond motifs is 1. The standard InChI is InChI=1S/C21H22ClN3O3/c1-4-13(21(26)27)9-17-18(12-28-3)24-25-16(5-2)6-7-19(25)20(17)14-8-15(22)11-23-10-14/h6-11H,4-5,12H2,1-3H3,(H,26,27)/b13-9+. The average Bonchev–Trinajstić information content (AvgIpc) is 3.08. The molecule has 0 fully saturated rings. The smallest absolute Gasteiger partial charge is 0.331 e. The third kappa shape index (κ3) is 3.79. The Balaban J connectivity index is 2.45. The molecule has 0 aliphatic heterocycles. The second kappa shape index (κ2) is 8.54. The summed E-state index contributed by atoms with van der Waals surface area (Å²) in [5.41, 5.74) is 5.21. The lowest BCUT2D eigenvalue weighted by Crippen LogP contribution is -2.08. The van der Waals surface area contributed by atoms with E-state index < -0.39 is 5.97 Å². The van der Waals surface area contributed by atoms with E-state index in [1.54, 1.807) is 25.6 Å². The van der Waals surface area contributed by atoms with Crippen molar-refractivity contribution in [2.75, 3.05) is 7.11 Å². The van der Waals surface area contributed by atoms with E-state index in [2.05, 4.69) is 11.9 Å². The van der Waals surface area contributed by atoms with E-state index in [0.29, 0.717) is 28.3 Å². The van der Waals surface area contributed by atoms with Crippen LogP contribution in [0.4, 0.5) is 0 Å². The number of rotatable bonds is 7. The van der Waals surface area contributed by atoms with Gasteiger partial charge >= 0.3 is 5.97 Å². The van der Waals surface area contributed by atoms with Crippen molar-refractivity contribution in [3.8, 4) is 11.1 Å². The van der Waals surface area contributed by atoms with Crippen LogP contribution >= 0.6 is 11.6 Å². The van der Waals surface area contributed by atoms with Crippen molar-refractivity contribution in [1.29, 1.82) is 0 Å². The Kier molecular flexibility index (Phi) is 6.11. The summed E-state index contributed by atoms with van der Waals surface area (Å²) in [6.45, 7) is 4.13. The van der Waals surface area contributed by atoms with Crippen LogP contribution in [0.2, 0.25) is 5.02 Å². The molecule has 0 saturated heterocycles. The first-order valence-corrected chi connectivity index (χ1v) is 9.45. The molecule has 0 bridgehead atoms. The summed E-state index contributed by atoms with van der Waals surface area (Å²) >= 11 is 6.20. The maximum absolute atomic E-state index is 11.7. The van der Waals surface area contributed by atoms with Crippen LogP contribution in [0.25, 0.3) is 22.7 Å². The summed E-state index contributed by atoms with van der Waals surface area (Å²) in [6, 6.07) is 5.83. The molecule has 7 heteroatoms. The molecule has 0 aliphatic carbocycles. The van der Waals surface area contributed by atoms with Gasteiger partial charge in [-0.05, 0) is 37.1 Å². The number of methoxy groups -OCH3 is 1. The van der Waals surface area contributed by atoms with Crippen LogP contribution in [0, 0.1) is 0 Å². The fourth-order valence-electron chi connectivity index (χ4n) is 3.24. The number of nitrogens with zero attached hydrogens (tertiary/aromatic N) is 3. The Bertz CT molecular complexity index is 1060. The fourth-order valence-corrected chi connectivity index (χ4v) is 3.42. The van der Waals surface area contributed by atoms with Gasteiger partial charge in [0.1, 0.15) is 0 Å². The number of carbonyl (C=O) groups is 1. The van der Waals surface area contributed by atoms with Crippen molar-refractivity contribution < 1.29 is 14.6 Å². The monoisotopic (exact) mass is 399 g/mol. The van der Waals surface area contributed by atoms with Gasteiger partial charge < -0.3 is 9.84 Å². The number of aryl methyl sites for hydroxylation is 1. The molecular weight excluding hydrogens is 378 g/mol. The van der Waals surface area contributed by atoms with Gasteiger partial charge in [-0.1, -0.05) is 25.4 Å². The van der Waals surface area contributed by atoms with Gasteiger partial charge in [0.15, 0.2) is 0 Å². The van der Waals surface area contributed by atoms with Crippen molar-refractivity contribution in [1.82, 2.24) is 14.6 Å². The van der Waals surface area contributed by atoms with E-state index in [9.17, 15) is 9.90 Å². The number of carboxylic acids is 1. The van der Waals surface area contributed by atoms with E-state index in [1.165, 1.54) is 0 Å². The quantitative estimate of drug-likeness (QED) is 0.586. The van der Waals surface area contributed by atoms with Crippen LogP contribution in [-0.4, -0.2) is 32.8 Å². The predicted octanol–water partition coefficient (Wildman–Crippen LogP) is 4.64. The minimum atomic E-state index is -0.953. The van der Waals surface area contributed by atoms with Crippen molar-refractivity contribution >= 4 is 29.2 Å². The van der Waals surface area contributed by atoms with Crippen molar-refractivity contribution in [3.05, 3.63) is 58.1 Å². The number of hydrogen-bond acceptors (Lipinski definition) is 4. The third-order valence-corrected chi connectivity index (χ3v) is 4.81. The first kappa shape index (κ1) is 20.0. The van der Waals surface area contributed by atoms with Crippen LogP contribution in [0.5, 0.6) is 0 Å². The highest BCUT2D eigenvalue weighted by Gasteiger charge is 2.19. The molecule has 6 nitrogen and oxygen atoms in total. The van der Waals surface area contributed by atoms with Gasteiger partial charge in [-0.3, -0.25) is 4.98 Å². The Morgan fingerprint density at radius 1 is 1.32 bits per heavy atom. The Hall–Kier alpha value is -2.70.